The van der Waals surface area contributed by atoms with E-state index in [0.29, 0.717) is 57.0 Å². The Kier molecular flexibility index (Phi) is 14.5. The summed E-state index contributed by atoms with van der Waals surface area (Å²) in [5, 5.41) is 30.4. The number of carbonyl (C=O) groups is 7. The first-order valence-corrected chi connectivity index (χ1v) is 25.1. The van der Waals surface area contributed by atoms with Crippen molar-refractivity contribution < 1.29 is 61.7 Å². The van der Waals surface area contributed by atoms with Crippen molar-refractivity contribution in [2.75, 3.05) is 55.3 Å². The summed E-state index contributed by atoms with van der Waals surface area (Å²) in [6, 6.07) is 17.9. The highest BCUT2D eigenvalue weighted by atomic mass is 35.5. The number of likely N-dealkylation sites (tertiary alicyclic amines) is 1. The second-order valence-electron chi connectivity index (χ2n) is 18.0. The number of aliphatic carboxylic acids is 1. The van der Waals surface area contributed by atoms with Crippen LogP contribution < -0.4 is 26.0 Å². The largest absolute Gasteiger partial charge is 0.479 e. The summed E-state index contributed by atoms with van der Waals surface area (Å²) in [6.07, 6.45) is 0.950. The molecule has 0 radical (unpaired) electrons. The number of carboxylic acid groups (broad SMARTS) is 2. The van der Waals surface area contributed by atoms with Gasteiger partial charge >= 0.3 is 11.9 Å². The van der Waals surface area contributed by atoms with Gasteiger partial charge in [-0.25, -0.2) is 18.0 Å². The van der Waals surface area contributed by atoms with Crippen LogP contribution in [0.15, 0.2) is 66.7 Å². The van der Waals surface area contributed by atoms with E-state index in [9.17, 15) is 47.1 Å². The Balaban J connectivity index is 0.780. The second kappa shape index (κ2) is 20.4. The average molecular weight is 1020 g/mol. The predicted molar refractivity (Wildman–Crippen MR) is 257 cm³/mol. The number of anilines is 3. The number of nitrogens with zero attached hydrogens (tertiary/aromatic N) is 3. The van der Waals surface area contributed by atoms with E-state index in [1.54, 1.807) is 65.6 Å². The van der Waals surface area contributed by atoms with Crippen LogP contribution in [0.3, 0.4) is 0 Å². The lowest BCUT2D eigenvalue weighted by atomic mass is 9.89. The van der Waals surface area contributed by atoms with Gasteiger partial charge in [0, 0.05) is 72.4 Å². The number of thiophene rings is 1. The Morgan fingerprint density at radius 1 is 0.957 bits per heavy atom. The average Bonchev–Trinajstić information content (AvgIpc) is 3.79. The number of aromatic carboxylic acids is 1. The third-order valence-corrected chi connectivity index (χ3v) is 16.2. The molecule has 1 unspecified atom stereocenters. The summed E-state index contributed by atoms with van der Waals surface area (Å²) < 4.78 is 40.4. The molecule has 23 heteroatoms. The van der Waals surface area contributed by atoms with Crippen LogP contribution >= 0.6 is 22.9 Å². The number of carbonyl (C=O) groups excluding carboxylic acids is 5. The lowest BCUT2D eigenvalue weighted by Crippen LogP contribution is -2.56. The number of halogens is 1. The molecule has 0 saturated carbocycles. The number of ether oxygens (including phenoxy) is 2. The van der Waals surface area contributed by atoms with Gasteiger partial charge in [-0.1, -0.05) is 41.9 Å². The normalized spacial score (nSPS) is 19.2. The van der Waals surface area contributed by atoms with Crippen molar-refractivity contribution >= 4 is 91.5 Å². The van der Waals surface area contributed by atoms with E-state index in [-0.39, 0.29) is 103 Å². The predicted octanol–water partition coefficient (Wildman–Crippen LogP) is 4.45. The molecule has 3 fully saturated rings. The van der Waals surface area contributed by atoms with Crippen molar-refractivity contribution in [1.29, 1.82) is 0 Å². The van der Waals surface area contributed by atoms with Gasteiger partial charge in [0.1, 0.15) is 17.7 Å². The fourth-order valence-electron chi connectivity index (χ4n) is 9.19. The Morgan fingerprint density at radius 2 is 1.70 bits per heavy atom. The molecule has 70 heavy (non-hydrogen) atoms. The first-order chi connectivity index (χ1) is 33.3. The molecule has 4 aliphatic heterocycles. The molecule has 1 aromatic heterocycles. The molecule has 3 aromatic carbocycles. The van der Waals surface area contributed by atoms with Crippen LogP contribution in [0, 0.1) is 0 Å². The summed E-state index contributed by atoms with van der Waals surface area (Å²) in [6.45, 7) is 3.54. The van der Waals surface area contributed by atoms with Crippen molar-refractivity contribution in [3.05, 3.63) is 93.3 Å². The van der Waals surface area contributed by atoms with E-state index in [1.807, 2.05) is 19.9 Å². The van der Waals surface area contributed by atoms with Crippen LogP contribution in [0.4, 0.5) is 17.1 Å². The standard InChI is InChI=1S/C47H50ClN7O13S2/c1-47(2)18-30(50-29-9-4-7-27(17-29)42-40(48)41(68-24-39(59)60)43(69-42)46(63)64)14-15-55(47)70(65,66)25-26-6-3-8-28(16-26)51-37(57)23-67-31-20-53(21-31)38(58)19-49-34-11-5-10-32-33(34)22-54(45(32)62)35-12-13-36(56)52-44(35)61/h3-11,16-17,30-31,35,49-50H,12-15,18-25H2,1-2H3,(H,51,57)(H,59,60)(H,63,64)(H,52,56,61)/t30-,35?/m0/s1. The fraction of sp³-hybridized carbons (Fsp3) is 0.383. The molecular weight excluding hydrogens is 970 g/mol. The van der Waals surface area contributed by atoms with Gasteiger partial charge in [-0.15, -0.1) is 11.3 Å². The van der Waals surface area contributed by atoms with Crippen molar-refractivity contribution in [2.45, 2.75) is 75.6 Å². The summed E-state index contributed by atoms with van der Waals surface area (Å²) in [5.41, 5.74) is 3.04. The molecule has 4 aliphatic rings. The molecule has 20 nitrogen and oxygen atoms in total. The molecule has 5 heterocycles. The monoisotopic (exact) mass is 1020 g/mol. The second-order valence-corrected chi connectivity index (χ2v) is 21.3. The van der Waals surface area contributed by atoms with Gasteiger partial charge in [-0.3, -0.25) is 29.3 Å². The van der Waals surface area contributed by atoms with E-state index in [4.69, 9.17) is 26.2 Å². The molecule has 8 rings (SSSR count). The number of benzene rings is 3. The number of fused-ring (bicyclic) bond motifs is 1. The summed E-state index contributed by atoms with van der Waals surface area (Å²) in [5.74, 6) is -4.96. The molecule has 6 N–H and O–H groups in total. The van der Waals surface area contributed by atoms with Crippen LogP contribution in [-0.2, 0) is 51.0 Å². The zero-order chi connectivity index (χ0) is 50.1. The number of amides is 5. The number of rotatable bonds is 18. The minimum atomic E-state index is -3.83. The highest BCUT2D eigenvalue weighted by Crippen LogP contribution is 2.46. The maximum Gasteiger partial charge on any atom is 0.349 e. The van der Waals surface area contributed by atoms with E-state index in [0.717, 1.165) is 11.3 Å². The van der Waals surface area contributed by atoms with Crippen molar-refractivity contribution in [2.24, 2.45) is 0 Å². The molecule has 3 saturated heterocycles. The molecule has 370 valence electrons. The molecule has 5 amide bonds. The number of carboxylic acids is 2. The summed E-state index contributed by atoms with van der Waals surface area (Å²) in [4.78, 5) is 89.3. The van der Waals surface area contributed by atoms with Crippen molar-refractivity contribution in [3.8, 4) is 16.2 Å². The minimum Gasteiger partial charge on any atom is -0.479 e. The molecule has 0 bridgehead atoms. The Bertz CT molecular complexity index is 2890. The van der Waals surface area contributed by atoms with Gasteiger partial charge in [-0.05, 0) is 80.6 Å². The highest BCUT2D eigenvalue weighted by Gasteiger charge is 2.43. The first kappa shape index (κ1) is 49.8. The smallest absolute Gasteiger partial charge is 0.349 e. The number of sulfonamides is 1. The number of piperidine rings is 2. The van der Waals surface area contributed by atoms with Crippen LogP contribution in [0.1, 0.15) is 70.7 Å². The SMILES string of the molecule is CC1(C)C[C@@H](Nc2cccc(-c3sc(C(=O)O)c(OCC(=O)O)c3Cl)c2)CCN1S(=O)(=O)Cc1cccc(NC(=O)COC2CN(C(=O)CNc3cccc4c3CN(C3CCC(=O)NC3=O)C4=O)C2)c1. The topological polar surface area (TPSA) is 270 Å². The zero-order valence-electron chi connectivity index (χ0n) is 38.0. The highest BCUT2D eigenvalue weighted by molar-refractivity contribution is 7.88. The molecule has 4 aromatic rings. The van der Waals surface area contributed by atoms with Crippen LogP contribution in [0.2, 0.25) is 5.02 Å². The molecular formula is C47H50ClN7O13S2. The van der Waals surface area contributed by atoms with E-state index in [1.165, 1.54) is 9.21 Å². The number of nitrogens with one attached hydrogen (secondary N) is 4. The fourth-order valence-corrected chi connectivity index (χ4v) is 12.6. The van der Waals surface area contributed by atoms with Crippen molar-refractivity contribution in [3.63, 3.8) is 0 Å². The first-order valence-electron chi connectivity index (χ1n) is 22.3. The van der Waals surface area contributed by atoms with Crippen molar-refractivity contribution in [1.82, 2.24) is 19.4 Å². The Labute approximate surface area is 411 Å². The van der Waals surface area contributed by atoms with E-state index >= 15 is 0 Å². The maximum absolute atomic E-state index is 13.9. The van der Waals surface area contributed by atoms with E-state index < -0.39 is 52.0 Å². The number of imide groups is 1. The van der Waals surface area contributed by atoms with Crippen LogP contribution in [0.5, 0.6) is 5.75 Å². The lowest BCUT2D eigenvalue weighted by molar-refractivity contribution is -0.145. The van der Waals surface area contributed by atoms with Gasteiger partial charge in [0.05, 0.1) is 23.3 Å². The van der Waals surface area contributed by atoms with Crippen LogP contribution in [0.25, 0.3) is 10.4 Å². The number of hydrogen-bond acceptors (Lipinski definition) is 14. The van der Waals surface area contributed by atoms with Gasteiger partial charge in [0.25, 0.3) is 5.91 Å². The molecule has 2 atom stereocenters. The number of hydrogen-bond donors (Lipinski definition) is 6. The Hall–Kier alpha value is -6.59. The summed E-state index contributed by atoms with van der Waals surface area (Å²) in [7, 11) is -3.83. The summed E-state index contributed by atoms with van der Waals surface area (Å²) >= 11 is 7.38. The molecule has 0 aliphatic carbocycles. The third-order valence-electron chi connectivity index (χ3n) is 12.5. The van der Waals surface area contributed by atoms with Gasteiger partial charge in [0.2, 0.25) is 33.7 Å². The Morgan fingerprint density at radius 3 is 2.43 bits per heavy atom. The van der Waals surface area contributed by atoms with E-state index in [2.05, 4.69) is 21.3 Å². The quantitative estimate of drug-likeness (QED) is 0.0752. The maximum atomic E-state index is 13.9. The van der Waals surface area contributed by atoms with Gasteiger partial charge in [-0.2, -0.15) is 4.31 Å². The third kappa shape index (κ3) is 11.1. The van der Waals surface area contributed by atoms with Gasteiger partial charge < -0.3 is 45.4 Å². The van der Waals surface area contributed by atoms with Gasteiger partial charge in [0.15, 0.2) is 17.2 Å². The minimum absolute atomic E-state index is 0.0135. The zero-order valence-corrected chi connectivity index (χ0v) is 40.4. The molecule has 0 spiro atoms. The lowest BCUT2D eigenvalue weighted by Gasteiger charge is -2.45. The van der Waals surface area contributed by atoms with Crippen LogP contribution in [-0.4, -0.2) is 137 Å².